The van der Waals surface area contributed by atoms with Gasteiger partial charge in [-0.1, -0.05) is 11.8 Å². The number of amides is 2. The van der Waals surface area contributed by atoms with Gasteiger partial charge in [-0.25, -0.2) is 4.39 Å². The predicted octanol–water partition coefficient (Wildman–Crippen LogP) is 0.0833. The van der Waals surface area contributed by atoms with Gasteiger partial charge in [-0.15, -0.1) is 0 Å². The highest BCUT2D eigenvalue weighted by atomic mass is 19.1. The Hall–Kier alpha value is -2.39. The second-order valence-electron chi connectivity index (χ2n) is 3.98. The molecule has 0 aliphatic carbocycles. The number of rotatable bonds is 4. The highest BCUT2D eigenvalue weighted by Crippen LogP contribution is 2.13. The molecule has 6 heteroatoms. The summed E-state index contributed by atoms with van der Waals surface area (Å²) in [5.74, 6) is 3.64. The van der Waals surface area contributed by atoms with E-state index < -0.39 is 17.6 Å². The zero-order chi connectivity index (χ0) is 15.1. The Morgan fingerprint density at radius 2 is 2.10 bits per heavy atom. The first-order chi connectivity index (χ1) is 9.49. The average molecular weight is 277 g/mol. The van der Waals surface area contributed by atoms with Gasteiger partial charge in [0.25, 0.3) is 5.91 Å². The van der Waals surface area contributed by atoms with Crippen molar-refractivity contribution in [2.45, 2.75) is 6.92 Å². The number of nitrogens with two attached hydrogens (primary N) is 2. The molecule has 0 atom stereocenters. The van der Waals surface area contributed by atoms with Gasteiger partial charge >= 0.3 is 0 Å². The summed E-state index contributed by atoms with van der Waals surface area (Å²) in [4.78, 5) is 24.5. The summed E-state index contributed by atoms with van der Waals surface area (Å²) < 4.78 is 13.3. The fourth-order valence-electron chi connectivity index (χ4n) is 1.63. The van der Waals surface area contributed by atoms with E-state index in [9.17, 15) is 14.0 Å². The molecule has 0 fully saturated rings. The Labute approximate surface area is 116 Å². The van der Waals surface area contributed by atoms with E-state index in [0.717, 1.165) is 6.07 Å². The quantitative estimate of drug-likeness (QED) is 0.764. The number of hydrogen-bond acceptors (Lipinski definition) is 3. The lowest BCUT2D eigenvalue weighted by molar-refractivity contribution is -0.118. The molecule has 0 saturated heterocycles. The fourth-order valence-corrected chi connectivity index (χ4v) is 1.63. The van der Waals surface area contributed by atoms with Gasteiger partial charge in [-0.2, -0.15) is 0 Å². The van der Waals surface area contributed by atoms with Crippen LogP contribution in [0.25, 0.3) is 0 Å². The molecule has 106 valence electrons. The SMILES string of the molecule is CCN(CC(N)=O)C(=O)c1cc(F)ccc1C#CCN. The topological polar surface area (TPSA) is 89.4 Å². The zero-order valence-corrected chi connectivity index (χ0v) is 11.1. The van der Waals surface area contributed by atoms with E-state index in [1.165, 1.54) is 17.0 Å². The van der Waals surface area contributed by atoms with E-state index in [4.69, 9.17) is 11.5 Å². The Morgan fingerprint density at radius 3 is 2.65 bits per heavy atom. The number of hydrogen-bond donors (Lipinski definition) is 2. The third kappa shape index (κ3) is 4.07. The predicted molar refractivity (Wildman–Crippen MR) is 73.1 cm³/mol. The number of primary amides is 1. The number of benzene rings is 1. The molecule has 0 bridgehead atoms. The third-order valence-electron chi connectivity index (χ3n) is 2.55. The zero-order valence-electron chi connectivity index (χ0n) is 11.1. The van der Waals surface area contributed by atoms with Crippen LogP contribution >= 0.6 is 0 Å². The maximum absolute atomic E-state index is 13.3. The number of carbonyl (C=O) groups is 2. The molecule has 2 amide bonds. The van der Waals surface area contributed by atoms with Gasteiger partial charge in [0.1, 0.15) is 5.82 Å². The second kappa shape index (κ2) is 7.26. The fraction of sp³-hybridized carbons (Fsp3) is 0.286. The van der Waals surface area contributed by atoms with Gasteiger partial charge in [-0.3, -0.25) is 9.59 Å². The van der Waals surface area contributed by atoms with Crippen LogP contribution in [0.3, 0.4) is 0 Å². The first-order valence-electron chi connectivity index (χ1n) is 6.05. The van der Waals surface area contributed by atoms with E-state index in [1.54, 1.807) is 6.92 Å². The van der Waals surface area contributed by atoms with Crippen LogP contribution in [0.4, 0.5) is 4.39 Å². The Bertz CT molecular complexity index is 576. The van der Waals surface area contributed by atoms with E-state index in [0.29, 0.717) is 5.56 Å². The number of carbonyl (C=O) groups excluding carboxylic acids is 2. The molecule has 20 heavy (non-hydrogen) atoms. The highest BCUT2D eigenvalue weighted by Gasteiger charge is 2.19. The lowest BCUT2D eigenvalue weighted by Gasteiger charge is -2.19. The smallest absolute Gasteiger partial charge is 0.255 e. The maximum atomic E-state index is 13.3. The van der Waals surface area contributed by atoms with E-state index >= 15 is 0 Å². The number of halogens is 1. The van der Waals surface area contributed by atoms with Crippen molar-refractivity contribution in [3.05, 3.63) is 35.1 Å². The van der Waals surface area contributed by atoms with Gasteiger partial charge in [0, 0.05) is 12.1 Å². The molecule has 0 unspecified atom stereocenters. The highest BCUT2D eigenvalue weighted by molar-refractivity contribution is 5.98. The molecule has 0 radical (unpaired) electrons. The summed E-state index contributed by atoms with van der Waals surface area (Å²) in [6.45, 7) is 1.88. The average Bonchev–Trinajstić information content (AvgIpc) is 2.42. The van der Waals surface area contributed by atoms with Crippen molar-refractivity contribution in [1.82, 2.24) is 4.90 Å². The van der Waals surface area contributed by atoms with Gasteiger partial charge in [0.15, 0.2) is 0 Å². The van der Waals surface area contributed by atoms with Crippen molar-refractivity contribution in [3.63, 3.8) is 0 Å². The lowest BCUT2D eigenvalue weighted by Crippen LogP contribution is -2.38. The van der Waals surface area contributed by atoms with Gasteiger partial charge < -0.3 is 16.4 Å². The van der Waals surface area contributed by atoms with Gasteiger partial charge in [0.05, 0.1) is 18.7 Å². The molecule has 0 spiro atoms. The first kappa shape index (κ1) is 15.7. The molecule has 0 aromatic heterocycles. The number of likely N-dealkylation sites (N-methyl/N-ethyl adjacent to an activating group) is 1. The third-order valence-corrected chi connectivity index (χ3v) is 2.55. The summed E-state index contributed by atoms with van der Waals surface area (Å²) in [6, 6.07) is 3.71. The van der Waals surface area contributed by atoms with Crippen LogP contribution in [-0.4, -0.2) is 36.3 Å². The molecule has 4 N–H and O–H groups in total. The van der Waals surface area contributed by atoms with Crippen LogP contribution in [0, 0.1) is 17.7 Å². The standard InChI is InChI=1S/C14H16FN3O2/c1-2-18(9-13(17)19)14(20)12-8-11(15)6-5-10(12)4-3-7-16/h5-6,8H,2,7,9,16H2,1H3,(H2,17,19). The van der Waals surface area contributed by atoms with Crippen molar-refractivity contribution in [1.29, 1.82) is 0 Å². The van der Waals surface area contributed by atoms with Gasteiger partial charge in [-0.05, 0) is 25.1 Å². The monoisotopic (exact) mass is 277 g/mol. The molecule has 0 saturated carbocycles. The molecule has 0 aliphatic heterocycles. The minimum atomic E-state index is -0.633. The molecule has 1 aromatic rings. The van der Waals surface area contributed by atoms with Crippen molar-refractivity contribution in [2.75, 3.05) is 19.6 Å². The number of nitrogens with zero attached hydrogens (tertiary/aromatic N) is 1. The van der Waals surface area contributed by atoms with Crippen LogP contribution in [0.5, 0.6) is 0 Å². The van der Waals surface area contributed by atoms with Crippen LogP contribution in [-0.2, 0) is 4.79 Å². The molecule has 0 aliphatic rings. The lowest BCUT2D eigenvalue weighted by atomic mass is 10.1. The van der Waals surface area contributed by atoms with Crippen molar-refractivity contribution in [2.24, 2.45) is 11.5 Å². The Morgan fingerprint density at radius 1 is 1.40 bits per heavy atom. The summed E-state index contributed by atoms with van der Waals surface area (Å²) in [6.07, 6.45) is 0. The second-order valence-corrected chi connectivity index (χ2v) is 3.98. The minimum Gasteiger partial charge on any atom is -0.368 e. The summed E-state index contributed by atoms with van der Waals surface area (Å²) in [5.41, 5.74) is 10.8. The van der Waals surface area contributed by atoms with Crippen molar-refractivity contribution in [3.8, 4) is 11.8 Å². The van der Waals surface area contributed by atoms with Crippen LogP contribution < -0.4 is 11.5 Å². The largest absolute Gasteiger partial charge is 0.368 e. The van der Waals surface area contributed by atoms with Crippen LogP contribution in [0.1, 0.15) is 22.8 Å². The molecular weight excluding hydrogens is 261 g/mol. The van der Waals surface area contributed by atoms with E-state index in [-0.39, 0.29) is 25.2 Å². The summed E-state index contributed by atoms with van der Waals surface area (Å²) >= 11 is 0. The summed E-state index contributed by atoms with van der Waals surface area (Å²) in [5, 5.41) is 0. The molecule has 0 heterocycles. The minimum absolute atomic E-state index is 0.0917. The Kier molecular flexibility index (Phi) is 5.69. The van der Waals surface area contributed by atoms with Gasteiger partial charge in [0.2, 0.25) is 5.91 Å². The van der Waals surface area contributed by atoms with E-state index in [1.807, 2.05) is 0 Å². The molecular formula is C14H16FN3O2. The maximum Gasteiger partial charge on any atom is 0.255 e. The van der Waals surface area contributed by atoms with Crippen molar-refractivity contribution < 1.29 is 14.0 Å². The van der Waals surface area contributed by atoms with Crippen LogP contribution in [0.15, 0.2) is 18.2 Å². The van der Waals surface area contributed by atoms with Crippen LogP contribution in [0.2, 0.25) is 0 Å². The van der Waals surface area contributed by atoms with E-state index in [2.05, 4.69) is 11.8 Å². The first-order valence-corrected chi connectivity index (χ1v) is 6.05. The molecule has 5 nitrogen and oxygen atoms in total. The molecule has 1 aromatic carbocycles. The van der Waals surface area contributed by atoms with Crippen molar-refractivity contribution >= 4 is 11.8 Å². The summed E-state index contributed by atoms with van der Waals surface area (Å²) in [7, 11) is 0. The molecule has 1 rings (SSSR count). The Balaban J connectivity index is 3.18. The normalized spacial score (nSPS) is 9.55.